The van der Waals surface area contributed by atoms with Gasteiger partial charge in [0.1, 0.15) is 0 Å². The molecule has 76 valence electrons. The van der Waals surface area contributed by atoms with E-state index in [4.69, 9.17) is 0 Å². The minimum Gasteiger partial charge on any atom is -0.106 e. The first-order valence-electron chi connectivity index (χ1n) is 5.02. The highest BCUT2D eigenvalue weighted by Gasteiger charge is 2.24. The van der Waals surface area contributed by atoms with Crippen LogP contribution in [0.4, 0.5) is 0 Å². The third kappa shape index (κ3) is 2.07. The second-order valence-corrected chi connectivity index (χ2v) is 4.75. The summed E-state index contributed by atoms with van der Waals surface area (Å²) in [6.45, 7) is 10.7. The highest BCUT2D eigenvalue weighted by Crippen LogP contribution is 2.33. The Morgan fingerprint density at radius 1 is 1.36 bits per heavy atom. The maximum Gasteiger partial charge on any atom is 0.0125 e. The minimum atomic E-state index is 0.123. The molecule has 0 radical (unpaired) electrons. The zero-order chi connectivity index (χ0) is 10.8. The molecule has 0 aliphatic carbocycles. The molecule has 0 fully saturated rings. The van der Waals surface area contributed by atoms with Crippen LogP contribution in [0.5, 0.6) is 0 Å². The molecule has 0 aliphatic rings. The molecule has 0 aliphatic heterocycles. The molecule has 1 heteroatoms. The van der Waals surface area contributed by atoms with Gasteiger partial charge in [-0.05, 0) is 24.2 Å². The Kier molecular flexibility index (Phi) is 3.50. The zero-order valence-electron chi connectivity index (χ0n) is 9.30. The maximum absolute atomic E-state index is 4.09. The third-order valence-electron chi connectivity index (χ3n) is 3.20. The number of hydrogen-bond donors (Lipinski definition) is 0. The van der Waals surface area contributed by atoms with Crippen LogP contribution >= 0.6 is 9.24 Å². The minimum absolute atomic E-state index is 0.123. The van der Waals surface area contributed by atoms with Crippen molar-refractivity contribution in [1.82, 2.24) is 0 Å². The van der Waals surface area contributed by atoms with Gasteiger partial charge in [0, 0.05) is 5.41 Å². The molecular weight excluding hydrogens is 187 g/mol. The molecule has 14 heavy (non-hydrogen) atoms. The van der Waals surface area contributed by atoms with E-state index < -0.39 is 0 Å². The molecule has 2 atom stereocenters. The first-order chi connectivity index (χ1) is 6.50. The van der Waals surface area contributed by atoms with Crippen molar-refractivity contribution in [3.05, 3.63) is 42.0 Å². The van der Waals surface area contributed by atoms with Crippen molar-refractivity contribution in [3.8, 4) is 0 Å². The lowest BCUT2D eigenvalue weighted by Crippen LogP contribution is -2.22. The van der Waals surface area contributed by atoms with Gasteiger partial charge in [0.2, 0.25) is 0 Å². The highest BCUT2D eigenvalue weighted by atomic mass is 31.0. The number of benzene rings is 1. The summed E-state index contributed by atoms with van der Waals surface area (Å²) in [5.74, 6) is 0. The van der Waals surface area contributed by atoms with E-state index >= 15 is 0 Å². The quantitative estimate of drug-likeness (QED) is 0.525. The molecule has 1 aromatic carbocycles. The number of hydrogen-bond acceptors (Lipinski definition) is 0. The summed E-state index contributed by atoms with van der Waals surface area (Å²) in [4.78, 5) is 0. The number of allylic oxidation sites excluding steroid dienone is 1. The fraction of sp³-hybridized carbons (Fsp3) is 0.385. The molecule has 0 saturated heterocycles. The summed E-state index contributed by atoms with van der Waals surface area (Å²) in [7, 11) is 2.71. The summed E-state index contributed by atoms with van der Waals surface area (Å²) >= 11 is 0. The Balaban J connectivity index is 3.13. The molecule has 0 heterocycles. The molecule has 0 bridgehead atoms. The van der Waals surface area contributed by atoms with Crippen LogP contribution in [-0.4, -0.2) is 0 Å². The van der Waals surface area contributed by atoms with Crippen LogP contribution < -0.4 is 5.30 Å². The van der Waals surface area contributed by atoms with Gasteiger partial charge in [0.15, 0.2) is 0 Å². The van der Waals surface area contributed by atoms with E-state index in [1.807, 2.05) is 0 Å². The Morgan fingerprint density at radius 2 is 1.86 bits per heavy atom. The maximum atomic E-state index is 4.09. The summed E-state index contributed by atoms with van der Waals surface area (Å²) in [6.07, 6.45) is 1.10. The SMILES string of the molecule is C=C(C)C(C)(CC)c1ccc(P)cc1. The Labute approximate surface area is 89.6 Å². The number of rotatable bonds is 3. The van der Waals surface area contributed by atoms with Gasteiger partial charge in [-0.25, -0.2) is 0 Å². The van der Waals surface area contributed by atoms with Gasteiger partial charge >= 0.3 is 0 Å². The lowest BCUT2D eigenvalue weighted by Gasteiger charge is -2.29. The second-order valence-electron chi connectivity index (χ2n) is 4.09. The van der Waals surface area contributed by atoms with E-state index in [0.717, 1.165) is 6.42 Å². The molecule has 0 N–H and O–H groups in total. The van der Waals surface area contributed by atoms with E-state index in [1.165, 1.54) is 16.4 Å². The van der Waals surface area contributed by atoms with Gasteiger partial charge in [-0.3, -0.25) is 0 Å². The normalized spacial score (nSPS) is 14.9. The van der Waals surface area contributed by atoms with E-state index in [2.05, 4.69) is 60.9 Å². The molecule has 1 aromatic rings. The highest BCUT2D eigenvalue weighted by molar-refractivity contribution is 7.27. The van der Waals surface area contributed by atoms with Gasteiger partial charge in [0.25, 0.3) is 0 Å². The predicted molar refractivity (Wildman–Crippen MR) is 68.2 cm³/mol. The summed E-state index contributed by atoms with van der Waals surface area (Å²) in [6, 6.07) is 8.66. The summed E-state index contributed by atoms with van der Waals surface area (Å²) in [5, 5.41) is 1.23. The molecule has 2 unspecified atom stereocenters. The first-order valence-corrected chi connectivity index (χ1v) is 5.60. The van der Waals surface area contributed by atoms with E-state index in [1.54, 1.807) is 0 Å². The van der Waals surface area contributed by atoms with Crippen LogP contribution in [0.15, 0.2) is 36.4 Å². The Bertz CT molecular complexity index is 324. The fourth-order valence-corrected chi connectivity index (χ4v) is 1.80. The van der Waals surface area contributed by atoms with Gasteiger partial charge in [0.05, 0.1) is 0 Å². The van der Waals surface area contributed by atoms with Crippen LogP contribution in [0.25, 0.3) is 0 Å². The molecule has 0 saturated carbocycles. The van der Waals surface area contributed by atoms with E-state index in [9.17, 15) is 0 Å². The average Bonchev–Trinajstić information content (AvgIpc) is 2.17. The first kappa shape index (κ1) is 11.5. The van der Waals surface area contributed by atoms with Crippen LogP contribution in [0, 0.1) is 0 Å². The molecule has 0 amide bonds. The predicted octanol–water partition coefficient (Wildman–Crippen LogP) is 3.43. The molecule has 1 rings (SSSR count). The third-order valence-corrected chi connectivity index (χ3v) is 3.58. The smallest absolute Gasteiger partial charge is 0.0125 e. The lowest BCUT2D eigenvalue weighted by atomic mass is 9.75. The van der Waals surface area contributed by atoms with E-state index in [0.29, 0.717) is 0 Å². The van der Waals surface area contributed by atoms with Crippen molar-refractivity contribution >= 4 is 14.5 Å². The Hall–Kier alpha value is -0.610. The monoisotopic (exact) mass is 206 g/mol. The van der Waals surface area contributed by atoms with Crippen molar-refractivity contribution < 1.29 is 0 Å². The Morgan fingerprint density at radius 3 is 2.21 bits per heavy atom. The van der Waals surface area contributed by atoms with Crippen molar-refractivity contribution in [2.75, 3.05) is 0 Å². The van der Waals surface area contributed by atoms with Gasteiger partial charge in [-0.2, -0.15) is 0 Å². The van der Waals surface area contributed by atoms with Crippen molar-refractivity contribution in [1.29, 1.82) is 0 Å². The van der Waals surface area contributed by atoms with Crippen LogP contribution in [0.1, 0.15) is 32.8 Å². The lowest BCUT2D eigenvalue weighted by molar-refractivity contribution is 0.538. The fourth-order valence-electron chi connectivity index (χ4n) is 1.60. The average molecular weight is 206 g/mol. The van der Waals surface area contributed by atoms with Crippen molar-refractivity contribution in [2.24, 2.45) is 0 Å². The van der Waals surface area contributed by atoms with Crippen LogP contribution in [0.3, 0.4) is 0 Å². The molecule has 0 spiro atoms. The van der Waals surface area contributed by atoms with Crippen molar-refractivity contribution in [3.63, 3.8) is 0 Å². The summed E-state index contributed by atoms with van der Waals surface area (Å²) < 4.78 is 0. The van der Waals surface area contributed by atoms with Crippen molar-refractivity contribution in [2.45, 2.75) is 32.6 Å². The topological polar surface area (TPSA) is 0 Å². The van der Waals surface area contributed by atoms with Gasteiger partial charge in [-0.1, -0.05) is 50.3 Å². The molecular formula is C13H19P. The summed E-state index contributed by atoms with van der Waals surface area (Å²) in [5.41, 5.74) is 2.72. The van der Waals surface area contributed by atoms with Crippen LogP contribution in [0.2, 0.25) is 0 Å². The molecule has 0 nitrogen and oxygen atoms in total. The second kappa shape index (κ2) is 4.28. The standard InChI is InChI=1S/C13H19P/c1-5-13(4,10(2)3)11-6-8-12(14)9-7-11/h6-9H,2,5,14H2,1,3-4H3. The largest absolute Gasteiger partial charge is 0.106 e. The zero-order valence-corrected chi connectivity index (χ0v) is 10.5. The molecule has 0 aromatic heterocycles. The van der Waals surface area contributed by atoms with Crippen LogP contribution in [-0.2, 0) is 5.41 Å². The van der Waals surface area contributed by atoms with Gasteiger partial charge < -0.3 is 0 Å². The van der Waals surface area contributed by atoms with E-state index in [-0.39, 0.29) is 5.41 Å². The van der Waals surface area contributed by atoms with Gasteiger partial charge in [-0.15, -0.1) is 9.24 Å².